The normalized spacial score (nSPS) is 22.2. The van der Waals surface area contributed by atoms with E-state index in [4.69, 9.17) is 5.73 Å². The lowest BCUT2D eigenvalue weighted by molar-refractivity contribution is 0.365. The Morgan fingerprint density at radius 2 is 2.18 bits per heavy atom. The van der Waals surface area contributed by atoms with Crippen molar-refractivity contribution in [3.63, 3.8) is 0 Å². The number of nitrogen functional groups attached to an aromatic ring is 1. The maximum Gasteiger partial charge on any atom is 0.0586 e. The highest BCUT2D eigenvalue weighted by atomic mass is 32.2. The number of fused-ring (bicyclic) bond motifs is 1. The van der Waals surface area contributed by atoms with Gasteiger partial charge < -0.3 is 5.73 Å². The Hall–Kier alpha value is -0.670. The van der Waals surface area contributed by atoms with Gasteiger partial charge >= 0.3 is 0 Å². The highest BCUT2D eigenvalue weighted by Crippen LogP contribution is 2.41. The molecule has 0 aliphatic carbocycles. The van der Waals surface area contributed by atoms with E-state index >= 15 is 0 Å². The van der Waals surface area contributed by atoms with E-state index in [2.05, 4.69) is 38.2 Å². The van der Waals surface area contributed by atoms with Gasteiger partial charge in [-0.2, -0.15) is 0 Å². The largest absolute Gasteiger partial charge is 0.399 e. The van der Waals surface area contributed by atoms with Gasteiger partial charge in [0, 0.05) is 16.1 Å². The highest BCUT2D eigenvalue weighted by molar-refractivity contribution is 8.00. The van der Waals surface area contributed by atoms with Gasteiger partial charge in [0.2, 0.25) is 0 Å². The van der Waals surface area contributed by atoms with Crippen molar-refractivity contribution in [1.29, 1.82) is 0 Å². The molecule has 0 amide bonds. The highest BCUT2D eigenvalue weighted by Gasteiger charge is 2.32. The first-order valence-corrected chi connectivity index (χ1v) is 7.25. The van der Waals surface area contributed by atoms with Crippen LogP contribution in [0.25, 0.3) is 0 Å². The van der Waals surface area contributed by atoms with Crippen molar-refractivity contribution in [2.45, 2.75) is 55.8 Å². The Balaban J connectivity index is 2.24. The molecular formula is C14H22N2S. The monoisotopic (exact) mass is 250 g/mol. The van der Waals surface area contributed by atoms with E-state index in [1.807, 2.05) is 17.8 Å². The number of thioether (sulfide) groups is 1. The minimum absolute atomic E-state index is 0.0222. The molecule has 1 unspecified atom stereocenters. The summed E-state index contributed by atoms with van der Waals surface area (Å²) in [7, 11) is 0. The second kappa shape index (κ2) is 4.91. The van der Waals surface area contributed by atoms with Crippen LogP contribution in [-0.4, -0.2) is 5.37 Å². The first-order chi connectivity index (χ1) is 8.03. The number of nitrogens with one attached hydrogen (secondary N) is 1. The molecule has 17 heavy (non-hydrogen) atoms. The zero-order chi connectivity index (χ0) is 12.5. The van der Waals surface area contributed by atoms with Crippen LogP contribution in [0.5, 0.6) is 0 Å². The van der Waals surface area contributed by atoms with Gasteiger partial charge in [-0.15, -0.1) is 11.8 Å². The molecular weight excluding hydrogens is 228 g/mol. The molecule has 1 aliphatic heterocycles. The van der Waals surface area contributed by atoms with E-state index in [1.165, 1.54) is 29.7 Å². The fourth-order valence-electron chi connectivity index (χ4n) is 2.32. The standard InChI is InChI=1S/C14H22N2S/c1-4-5-6-13-16-14(2,3)11-9-10(15)7-8-12(11)17-13/h7-9,13,16H,4-6,15H2,1-3H3. The second-order valence-corrected chi connectivity index (χ2v) is 6.52. The van der Waals surface area contributed by atoms with Gasteiger partial charge in [0.1, 0.15) is 0 Å². The van der Waals surface area contributed by atoms with Crippen LogP contribution in [0, 0.1) is 0 Å². The Morgan fingerprint density at radius 3 is 2.88 bits per heavy atom. The Bertz CT molecular complexity index is 401. The lowest BCUT2D eigenvalue weighted by Gasteiger charge is -2.38. The quantitative estimate of drug-likeness (QED) is 0.803. The maximum absolute atomic E-state index is 5.88. The number of hydrogen-bond donors (Lipinski definition) is 2. The molecule has 1 aromatic rings. The van der Waals surface area contributed by atoms with Gasteiger partial charge in [-0.25, -0.2) is 0 Å². The van der Waals surface area contributed by atoms with Gasteiger partial charge in [0.15, 0.2) is 0 Å². The van der Waals surface area contributed by atoms with Gasteiger partial charge in [0.05, 0.1) is 5.37 Å². The van der Waals surface area contributed by atoms with E-state index in [0.29, 0.717) is 5.37 Å². The van der Waals surface area contributed by atoms with Crippen LogP contribution in [0.15, 0.2) is 23.1 Å². The van der Waals surface area contributed by atoms with E-state index in [0.717, 1.165) is 5.69 Å². The lowest BCUT2D eigenvalue weighted by Crippen LogP contribution is -2.45. The molecule has 2 nitrogen and oxygen atoms in total. The average Bonchev–Trinajstić information content (AvgIpc) is 2.27. The van der Waals surface area contributed by atoms with Crippen LogP contribution in [0.4, 0.5) is 5.69 Å². The predicted octanol–water partition coefficient (Wildman–Crippen LogP) is 3.72. The summed E-state index contributed by atoms with van der Waals surface area (Å²) in [5.74, 6) is 0. The molecule has 0 spiro atoms. The summed E-state index contributed by atoms with van der Waals surface area (Å²) in [6.45, 7) is 6.72. The maximum atomic E-state index is 5.88. The van der Waals surface area contributed by atoms with Gasteiger partial charge in [-0.3, -0.25) is 5.32 Å². The lowest BCUT2D eigenvalue weighted by atomic mass is 9.93. The Labute approximate surface area is 108 Å². The van der Waals surface area contributed by atoms with E-state index in [9.17, 15) is 0 Å². The summed E-state index contributed by atoms with van der Waals surface area (Å²) in [5.41, 5.74) is 8.08. The summed E-state index contributed by atoms with van der Waals surface area (Å²) in [6.07, 6.45) is 3.77. The Morgan fingerprint density at radius 1 is 1.41 bits per heavy atom. The number of unbranched alkanes of at least 4 members (excludes halogenated alkanes) is 1. The SMILES string of the molecule is CCCCC1NC(C)(C)c2cc(N)ccc2S1. The van der Waals surface area contributed by atoms with E-state index < -0.39 is 0 Å². The molecule has 1 aliphatic rings. The van der Waals surface area contributed by atoms with Gasteiger partial charge in [-0.05, 0) is 44.0 Å². The number of nitrogens with two attached hydrogens (primary N) is 1. The number of hydrogen-bond acceptors (Lipinski definition) is 3. The molecule has 0 radical (unpaired) electrons. The second-order valence-electron chi connectivity index (χ2n) is 5.27. The fourth-order valence-corrected chi connectivity index (χ4v) is 3.85. The molecule has 2 rings (SSSR count). The molecule has 1 aromatic carbocycles. The molecule has 0 saturated carbocycles. The third-order valence-electron chi connectivity index (χ3n) is 3.29. The van der Waals surface area contributed by atoms with Crippen molar-refractivity contribution in [2.75, 3.05) is 5.73 Å². The molecule has 0 fully saturated rings. The summed E-state index contributed by atoms with van der Waals surface area (Å²) in [5, 5.41) is 4.25. The third kappa shape index (κ3) is 2.78. The van der Waals surface area contributed by atoms with Crippen molar-refractivity contribution >= 4 is 17.4 Å². The Kier molecular flexibility index (Phi) is 3.69. The molecule has 3 N–H and O–H groups in total. The van der Waals surface area contributed by atoms with Crippen molar-refractivity contribution in [3.05, 3.63) is 23.8 Å². The molecule has 0 saturated heterocycles. The first kappa shape index (κ1) is 12.8. The third-order valence-corrected chi connectivity index (χ3v) is 4.54. The predicted molar refractivity (Wildman–Crippen MR) is 76.2 cm³/mol. The molecule has 0 aromatic heterocycles. The minimum atomic E-state index is 0.0222. The summed E-state index contributed by atoms with van der Waals surface area (Å²) >= 11 is 1.94. The van der Waals surface area contributed by atoms with Crippen molar-refractivity contribution in [1.82, 2.24) is 5.32 Å². The topological polar surface area (TPSA) is 38.0 Å². The average molecular weight is 250 g/mol. The zero-order valence-electron chi connectivity index (χ0n) is 10.9. The van der Waals surface area contributed by atoms with Crippen LogP contribution < -0.4 is 11.1 Å². The summed E-state index contributed by atoms with van der Waals surface area (Å²) in [6, 6.07) is 6.27. The molecule has 1 atom stereocenters. The fraction of sp³-hybridized carbons (Fsp3) is 0.571. The van der Waals surface area contributed by atoms with E-state index in [1.54, 1.807) is 0 Å². The smallest absolute Gasteiger partial charge is 0.0586 e. The zero-order valence-corrected chi connectivity index (χ0v) is 11.7. The van der Waals surface area contributed by atoms with E-state index in [-0.39, 0.29) is 5.54 Å². The van der Waals surface area contributed by atoms with Crippen molar-refractivity contribution in [2.24, 2.45) is 0 Å². The summed E-state index contributed by atoms with van der Waals surface area (Å²) in [4.78, 5) is 1.38. The van der Waals surface area contributed by atoms with Crippen LogP contribution >= 0.6 is 11.8 Å². The van der Waals surface area contributed by atoms with Crippen LogP contribution in [0.1, 0.15) is 45.6 Å². The molecule has 1 heterocycles. The molecule has 94 valence electrons. The van der Waals surface area contributed by atoms with Crippen LogP contribution in [0.2, 0.25) is 0 Å². The molecule has 0 bridgehead atoms. The number of rotatable bonds is 3. The number of benzene rings is 1. The minimum Gasteiger partial charge on any atom is -0.399 e. The van der Waals surface area contributed by atoms with Crippen LogP contribution in [0.3, 0.4) is 0 Å². The van der Waals surface area contributed by atoms with Crippen molar-refractivity contribution < 1.29 is 0 Å². The van der Waals surface area contributed by atoms with Crippen LogP contribution in [-0.2, 0) is 5.54 Å². The summed E-state index contributed by atoms with van der Waals surface area (Å²) < 4.78 is 0. The van der Waals surface area contributed by atoms with Gasteiger partial charge in [-0.1, -0.05) is 19.8 Å². The van der Waals surface area contributed by atoms with Gasteiger partial charge in [0.25, 0.3) is 0 Å². The number of anilines is 1. The first-order valence-electron chi connectivity index (χ1n) is 6.37. The van der Waals surface area contributed by atoms with Crippen molar-refractivity contribution in [3.8, 4) is 0 Å². The molecule has 3 heteroatoms.